The molecule has 78 valence electrons. The van der Waals surface area contributed by atoms with E-state index < -0.39 is 0 Å². The molecule has 1 amide bonds. The van der Waals surface area contributed by atoms with Crippen LogP contribution in [-0.4, -0.2) is 15.3 Å². The predicted molar refractivity (Wildman–Crippen MR) is 58.8 cm³/mol. The van der Waals surface area contributed by atoms with Gasteiger partial charge in [0.05, 0.1) is 5.69 Å². The molecule has 4 heteroatoms. The number of aromatic nitrogens is 2. The van der Waals surface area contributed by atoms with Gasteiger partial charge >= 0.3 is 0 Å². The van der Waals surface area contributed by atoms with Gasteiger partial charge in [-0.2, -0.15) is 0 Å². The first-order valence-corrected chi connectivity index (χ1v) is 4.95. The Morgan fingerprint density at radius 1 is 1.53 bits per heavy atom. The van der Waals surface area contributed by atoms with Crippen LogP contribution in [0.2, 0.25) is 0 Å². The Hall–Kier alpha value is -1.84. The molecule has 0 atom stereocenters. The molecule has 0 radical (unpaired) electrons. The molecule has 0 saturated carbocycles. The van der Waals surface area contributed by atoms with Crippen molar-refractivity contribution in [3.8, 4) is 0 Å². The fraction of sp³-hybridized carbons (Fsp3) is 0.273. The second-order valence-corrected chi connectivity index (χ2v) is 3.39. The van der Waals surface area contributed by atoms with E-state index in [4.69, 9.17) is 0 Å². The molecule has 0 aliphatic heterocycles. The predicted octanol–water partition coefficient (Wildman–Crippen LogP) is 1.99. The van der Waals surface area contributed by atoms with Gasteiger partial charge in [-0.25, -0.2) is 4.98 Å². The fourth-order valence-electron chi connectivity index (χ4n) is 1.50. The molecule has 15 heavy (non-hydrogen) atoms. The van der Waals surface area contributed by atoms with Crippen molar-refractivity contribution in [2.45, 2.75) is 20.3 Å². The molecule has 1 N–H and O–H groups in total. The number of rotatable bonds is 2. The Labute approximate surface area is 87.9 Å². The number of hydrogen-bond acceptors (Lipinski definition) is 2. The van der Waals surface area contributed by atoms with Crippen LogP contribution < -0.4 is 5.32 Å². The summed E-state index contributed by atoms with van der Waals surface area (Å²) in [5, 5.41) is 2.85. The van der Waals surface area contributed by atoms with E-state index in [1.54, 1.807) is 6.20 Å². The van der Waals surface area contributed by atoms with Gasteiger partial charge in [0.1, 0.15) is 5.65 Å². The lowest BCUT2D eigenvalue weighted by Gasteiger charge is -2.08. The Morgan fingerprint density at radius 2 is 2.33 bits per heavy atom. The number of carbonyl (C=O) groups is 1. The van der Waals surface area contributed by atoms with E-state index in [0.29, 0.717) is 6.42 Å². The van der Waals surface area contributed by atoms with Crippen molar-refractivity contribution in [3.63, 3.8) is 0 Å². The van der Waals surface area contributed by atoms with Crippen LogP contribution >= 0.6 is 0 Å². The average Bonchev–Trinajstić information content (AvgIpc) is 2.70. The quantitative estimate of drug-likeness (QED) is 0.811. The van der Waals surface area contributed by atoms with Crippen molar-refractivity contribution in [2.75, 3.05) is 5.32 Å². The number of nitrogens with zero attached hydrogens (tertiary/aromatic N) is 2. The van der Waals surface area contributed by atoms with Crippen molar-refractivity contribution in [2.24, 2.45) is 0 Å². The molecular weight excluding hydrogens is 190 g/mol. The van der Waals surface area contributed by atoms with Gasteiger partial charge in [0.25, 0.3) is 0 Å². The van der Waals surface area contributed by atoms with Crippen LogP contribution in [0.25, 0.3) is 5.65 Å². The van der Waals surface area contributed by atoms with Gasteiger partial charge in [-0.1, -0.05) is 6.92 Å². The summed E-state index contributed by atoms with van der Waals surface area (Å²) >= 11 is 0. The van der Waals surface area contributed by atoms with Crippen LogP contribution in [0.3, 0.4) is 0 Å². The highest BCUT2D eigenvalue weighted by Crippen LogP contribution is 2.16. The second-order valence-electron chi connectivity index (χ2n) is 3.39. The molecule has 2 heterocycles. The normalized spacial score (nSPS) is 10.5. The molecule has 4 nitrogen and oxygen atoms in total. The molecule has 0 fully saturated rings. The highest BCUT2D eigenvalue weighted by molar-refractivity contribution is 5.91. The number of fused-ring (bicyclic) bond motifs is 1. The lowest BCUT2D eigenvalue weighted by molar-refractivity contribution is -0.115. The van der Waals surface area contributed by atoms with Crippen molar-refractivity contribution in [1.29, 1.82) is 0 Å². The molecule has 0 aliphatic rings. The Bertz CT molecular complexity index is 502. The van der Waals surface area contributed by atoms with Gasteiger partial charge in [-0.3, -0.25) is 4.79 Å². The molecular formula is C11H13N3O. The molecule has 0 aliphatic carbocycles. The van der Waals surface area contributed by atoms with Gasteiger partial charge in [0, 0.05) is 24.5 Å². The SMILES string of the molecule is CCC(=O)Nc1ccc2nccn2c1C. The fourth-order valence-corrected chi connectivity index (χ4v) is 1.50. The first kappa shape index (κ1) is 9.71. The molecule has 2 rings (SSSR count). The standard InChI is InChI=1S/C11H13N3O/c1-3-11(15)13-9-4-5-10-12-6-7-14(10)8(9)2/h4-7H,3H2,1-2H3,(H,13,15). The number of anilines is 1. The number of carbonyl (C=O) groups excluding carboxylic acids is 1. The molecule has 0 aromatic carbocycles. The van der Waals surface area contributed by atoms with Crippen molar-refractivity contribution >= 4 is 17.2 Å². The molecule has 0 bridgehead atoms. The number of hydrogen-bond donors (Lipinski definition) is 1. The first-order chi connectivity index (χ1) is 7.22. The number of nitrogens with one attached hydrogen (secondary N) is 1. The van der Waals surface area contributed by atoms with Gasteiger partial charge in [-0.15, -0.1) is 0 Å². The van der Waals surface area contributed by atoms with Crippen LogP contribution in [0.15, 0.2) is 24.5 Å². The Kier molecular flexibility index (Phi) is 2.41. The second kappa shape index (κ2) is 3.73. The smallest absolute Gasteiger partial charge is 0.224 e. The largest absolute Gasteiger partial charge is 0.325 e. The van der Waals surface area contributed by atoms with E-state index in [0.717, 1.165) is 17.0 Å². The molecule has 0 spiro atoms. The zero-order valence-corrected chi connectivity index (χ0v) is 8.82. The molecule has 0 unspecified atom stereocenters. The number of aryl methyl sites for hydroxylation is 1. The first-order valence-electron chi connectivity index (χ1n) is 4.95. The molecule has 0 saturated heterocycles. The summed E-state index contributed by atoms with van der Waals surface area (Å²) in [5.74, 6) is 0.0255. The van der Waals surface area contributed by atoms with Gasteiger partial charge < -0.3 is 9.72 Å². The molecule has 2 aromatic heterocycles. The number of pyridine rings is 1. The van der Waals surface area contributed by atoms with Crippen LogP contribution in [0, 0.1) is 6.92 Å². The van der Waals surface area contributed by atoms with Crippen LogP contribution in [0.5, 0.6) is 0 Å². The minimum absolute atomic E-state index is 0.0255. The maximum absolute atomic E-state index is 11.3. The van der Waals surface area contributed by atoms with E-state index in [1.165, 1.54) is 0 Å². The van der Waals surface area contributed by atoms with Crippen molar-refractivity contribution in [1.82, 2.24) is 9.38 Å². The van der Waals surface area contributed by atoms with Crippen LogP contribution in [0.1, 0.15) is 19.0 Å². The van der Waals surface area contributed by atoms with Gasteiger partial charge in [0.15, 0.2) is 0 Å². The zero-order chi connectivity index (χ0) is 10.8. The van der Waals surface area contributed by atoms with Crippen molar-refractivity contribution in [3.05, 3.63) is 30.2 Å². The Balaban J connectivity index is 2.43. The van der Waals surface area contributed by atoms with E-state index >= 15 is 0 Å². The lowest BCUT2D eigenvalue weighted by atomic mass is 10.3. The highest BCUT2D eigenvalue weighted by Gasteiger charge is 2.05. The topological polar surface area (TPSA) is 46.4 Å². The van der Waals surface area contributed by atoms with Crippen LogP contribution in [-0.2, 0) is 4.79 Å². The summed E-state index contributed by atoms with van der Waals surface area (Å²) in [6.07, 6.45) is 4.11. The zero-order valence-electron chi connectivity index (χ0n) is 8.82. The maximum Gasteiger partial charge on any atom is 0.224 e. The summed E-state index contributed by atoms with van der Waals surface area (Å²) in [6, 6.07) is 3.77. The summed E-state index contributed by atoms with van der Waals surface area (Å²) in [6.45, 7) is 3.79. The Morgan fingerprint density at radius 3 is 3.07 bits per heavy atom. The number of amides is 1. The monoisotopic (exact) mass is 203 g/mol. The number of imidazole rings is 1. The third-order valence-electron chi connectivity index (χ3n) is 2.41. The third kappa shape index (κ3) is 1.70. The van der Waals surface area contributed by atoms with Gasteiger partial charge in [0.2, 0.25) is 5.91 Å². The summed E-state index contributed by atoms with van der Waals surface area (Å²) in [7, 11) is 0. The minimum atomic E-state index is 0.0255. The summed E-state index contributed by atoms with van der Waals surface area (Å²) < 4.78 is 1.95. The molecule has 2 aromatic rings. The van der Waals surface area contributed by atoms with Gasteiger partial charge in [-0.05, 0) is 19.1 Å². The average molecular weight is 203 g/mol. The van der Waals surface area contributed by atoms with E-state index in [-0.39, 0.29) is 5.91 Å². The lowest BCUT2D eigenvalue weighted by Crippen LogP contribution is -2.11. The highest BCUT2D eigenvalue weighted by atomic mass is 16.1. The third-order valence-corrected chi connectivity index (χ3v) is 2.41. The van der Waals surface area contributed by atoms with E-state index in [1.807, 2.05) is 36.6 Å². The minimum Gasteiger partial charge on any atom is -0.325 e. The summed E-state index contributed by atoms with van der Waals surface area (Å²) in [5.41, 5.74) is 2.72. The maximum atomic E-state index is 11.3. The van der Waals surface area contributed by atoms with Crippen LogP contribution in [0.4, 0.5) is 5.69 Å². The van der Waals surface area contributed by atoms with E-state index in [9.17, 15) is 4.79 Å². The van der Waals surface area contributed by atoms with Crippen molar-refractivity contribution < 1.29 is 4.79 Å². The summed E-state index contributed by atoms with van der Waals surface area (Å²) in [4.78, 5) is 15.4. The van der Waals surface area contributed by atoms with E-state index in [2.05, 4.69) is 10.3 Å².